The van der Waals surface area contributed by atoms with Crippen LogP contribution in [0.5, 0.6) is 0 Å². The molecule has 0 unspecified atom stereocenters. The number of primary amides is 1. The molecular formula is C4H7IN2O. The molecule has 3 nitrogen and oxygen atoms in total. The van der Waals surface area contributed by atoms with Crippen LogP contribution in [0.4, 0.5) is 4.79 Å². The zero-order valence-electron chi connectivity index (χ0n) is 4.30. The van der Waals surface area contributed by atoms with Gasteiger partial charge in [0, 0.05) is 10.6 Å². The highest BCUT2D eigenvalue weighted by atomic mass is 127. The van der Waals surface area contributed by atoms with Crippen LogP contribution in [-0.2, 0) is 0 Å². The molecule has 0 radical (unpaired) electrons. The highest BCUT2D eigenvalue weighted by molar-refractivity contribution is 14.1. The van der Waals surface area contributed by atoms with Crippen molar-refractivity contribution >= 4 is 34.8 Å². The molecule has 0 atom stereocenters. The number of nitrogens with two attached hydrogens (primary N) is 1. The van der Waals surface area contributed by atoms with Gasteiger partial charge in [0.1, 0.15) is 0 Å². The van der Waals surface area contributed by atoms with Crippen LogP contribution in [0.25, 0.3) is 0 Å². The SMILES string of the molecule is NC(=O)/N=C\CCI. The standard InChI is InChI=1S/C4H7IN2O/c5-2-1-3-7-4(6)8/h3H,1-2H2,(H2,6,8)/b7-3-. The first kappa shape index (κ1) is 7.87. The Morgan fingerprint density at radius 2 is 2.50 bits per heavy atom. The predicted molar refractivity (Wildman–Crippen MR) is 41.6 cm³/mol. The van der Waals surface area contributed by atoms with E-state index >= 15 is 0 Å². The summed E-state index contributed by atoms with van der Waals surface area (Å²) in [6.45, 7) is 0. The summed E-state index contributed by atoms with van der Waals surface area (Å²) in [7, 11) is 0. The van der Waals surface area contributed by atoms with Gasteiger partial charge in [-0.25, -0.2) is 9.79 Å². The van der Waals surface area contributed by atoms with E-state index in [1.165, 1.54) is 6.21 Å². The summed E-state index contributed by atoms with van der Waals surface area (Å²) in [4.78, 5) is 13.2. The van der Waals surface area contributed by atoms with Crippen molar-refractivity contribution < 1.29 is 4.79 Å². The lowest BCUT2D eigenvalue weighted by atomic mass is 10.5. The number of carbonyl (C=O) groups excluding carboxylic acids is 1. The summed E-state index contributed by atoms with van der Waals surface area (Å²) in [5.41, 5.74) is 4.69. The minimum atomic E-state index is -0.616. The fraction of sp³-hybridized carbons (Fsp3) is 0.500. The van der Waals surface area contributed by atoms with Crippen LogP contribution in [0.3, 0.4) is 0 Å². The van der Waals surface area contributed by atoms with Gasteiger partial charge in [0.2, 0.25) is 0 Å². The Morgan fingerprint density at radius 3 is 2.88 bits per heavy atom. The Bertz CT molecular complexity index is 102. The number of hydrogen-bond donors (Lipinski definition) is 1. The van der Waals surface area contributed by atoms with Gasteiger partial charge in [-0.15, -0.1) is 0 Å². The van der Waals surface area contributed by atoms with Crippen LogP contribution in [0.2, 0.25) is 0 Å². The first-order valence-corrected chi connectivity index (χ1v) is 3.68. The Balaban J connectivity index is 3.20. The molecule has 2 N–H and O–H groups in total. The number of urea groups is 1. The van der Waals surface area contributed by atoms with E-state index in [2.05, 4.69) is 27.6 Å². The predicted octanol–water partition coefficient (Wildman–Crippen LogP) is 0.961. The van der Waals surface area contributed by atoms with Crippen LogP contribution < -0.4 is 5.73 Å². The molecule has 0 aromatic heterocycles. The third-order valence-corrected chi connectivity index (χ3v) is 1.08. The normalized spacial score (nSPS) is 10.1. The van der Waals surface area contributed by atoms with E-state index < -0.39 is 6.03 Å². The minimum Gasteiger partial charge on any atom is -0.350 e. The lowest BCUT2D eigenvalue weighted by Gasteiger charge is -1.79. The van der Waals surface area contributed by atoms with E-state index in [0.29, 0.717) is 0 Å². The van der Waals surface area contributed by atoms with E-state index in [0.717, 1.165) is 10.8 Å². The molecule has 2 amide bonds. The molecule has 4 heteroatoms. The molecule has 0 aliphatic carbocycles. The minimum absolute atomic E-state index is 0.616. The van der Waals surface area contributed by atoms with Crippen molar-refractivity contribution in [2.75, 3.05) is 4.43 Å². The first-order valence-electron chi connectivity index (χ1n) is 2.15. The number of rotatable bonds is 2. The zero-order valence-corrected chi connectivity index (χ0v) is 6.46. The molecule has 0 heterocycles. The molecule has 8 heavy (non-hydrogen) atoms. The number of hydrogen-bond acceptors (Lipinski definition) is 1. The average Bonchev–Trinajstić information content (AvgIpc) is 1.66. The van der Waals surface area contributed by atoms with Crippen molar-refractivity contribution in [2.45, 2.75) is 6.42 Å². The number of aliphatic imine (C=N–C) groups is 1. The molecular weight excluding hydrogens is 219 g/mol. The Morgan fingerprint density at radius 1 is 1.88 bits per heavy atom. The monoisotopic (exact) mass is 226 g/mol. The van der Waals surface area contributed by atoms with Gasteiger partial charge in [-0.3, -0.25) is 0 Å². The third kappa shape index (κ3) is 5.87. The van der Waals surface area contributed by atoms with E-state index in [4.69, 9.17) is 5.73 Å². The van der Waals surface area contributed by atoms with Crippen molar-refractivity contribution in [2.24, 2.45) is 10.7 Å². The van der Waals surface area contributed by atoms with E-state index in [9.17, 15) is 4.79 Å². The maximum Gasteiger partial charge on any atom is 0.337 e. The number of nitrogens with zero attached hydrogens (tertiary/aromatic N) is 1. The van der Waals surface area contributed by atoms with Crippen LogP contribution in [0.1, 0.15) is 6.42 Å². The van der Waals surface area contributed by atoms with Gasteiger partial charge in [0.15, 0.2) is 0 Å². The smallest absolute Gasteiger partial charge is 0.337 e. The maximum absolute atomic E-state index is 9.90. The van der Waals surface area contributed by atoms with Gasteiger partial charge < -0.3 is 5.73 Å². The zero-order chi connectivity index (χ0) is 6.41. The fourth-order valence-electron chi connectivity index (χ4n) is 0.203. The van der Waals surface area contributed by atoms with Crippen molar-refractivity contribution in [3.05, 3.63) is 0 Å². The summed E-state index contributed by atoms with van der Waals surface area (Å²) >= 11 is 2.19. The van der Waals surface area contributed by atoms with Crippen LogP contribution in [0.15, 0.2) is 4.99 Å². The van der Waals surface area contributed by atoms with Crippen LogP contribution in [0, 0.1) is 0 Å². The first-order chi connectivity index (χ1) is 3.77. The second-order valence-corrected chi connectivity index (χ2v) is 2.21. The van der Waals surface area contributed by atoms with E-state index in [1.807, 2.05) is 0 Å². The highest BCUT2D eigenvalue weighted by Crippen LogP contribution is 1.83. The molecule has 46 valence electrons. The lowest BCUT2D eigenvalue weighted by Crippen LogP contribution is -2.03. The summed E-state index contributed by atoms with van der Waals surface area (Å²) in [5.74, 6) is 0. The van der Waals surface area contributed by atoms with Crippen molar-refractivity contribution in [1.29, 1.82) is 0 Å². The van der Waals surface area contributed by atoms with E-state index in [1.54, 1.807) is 0 Å². The van der Waals surface area contributed by atoms with Crippen LogP contribution >= 0.6 is 22.6 Å². The van der Waals surface area contributed by atoms with Gasteiger partial charge >= 0.3 is 6.03 Å². The molecule has 0 fully saturated rings. The Hall–Kier alpha value is -0.130. The van der Waals surface area contributed by atoms with Gasteiger partial charge in [-0.05, 0) is 6.42 Å². The summed E-state index contributed by atoms with van der Waals surface area (Å²) in [5, 5.41) is 0. The summed E-state index contributed by atoms with van der Waals surface area (Å²) in [6.07, 6.45) is 2.33. The molecule has 0 saturated heterocycles. The van der Waals surface area contributed by atoms with Crippen molar-refractivity contribution in [3.63, 3.8) is 0 Å². The maximum atomic E-state index is 9.90. The molecule has 0 aliphatic heterocycles. The summed E-state index contributed by atoms with van der Waals surface area (Å²) < 4.78 is 0.967. The lowest BCUT2D eigenvalue weighted by molar-refractivity contribution is 0.257. The van der Waals surface area contributed by atoms with Gasteiger partial charge in [0.05, 0.1) is 0 Å². The van der Waals surface area contributed by atoms with Gasteiger partial charge in [-0.2, -0.15) is 0 Å². The van der Waals surface area contributed by atoms with Crippen LogP contribution in [-0.4, -0.2) is 16.7 Å². The van der Waals surface area contributed by atoms with Gasteiger partial charge in [0.25, 0.3) is 0 Å². The van der Waals surface area contributed by atoms with Crippen molar-refractivity contribution in [3.8, 4) is 0 Å². The average molecular weight is 226 g/mol. The quantitative estimate of drug-likeness (QED) is 0.425. The van der Waals surface area contributed by atoms with Crippen molar-refractivity contribution in [1.82, 2.24) is 0 Å². The molecule has 0 aromatic carbocycles. The molecule has 0 rings (SSSR count). The number of carbonyl (C=O) groups is 1. The fourth-order valence-corrected chi connectivity index (χ4v) is 0.482. The molecule has 0 saturated carbocycles. The number of halogens is 1. The third-order valence-electron chi connectivity index (χ3n) is 0.457. The summed E-state index contributed by atoms with van der Waals surface area (Å²) in [6, 6.07) is -0.616. The topological polar surface area (TPSA) is 55.5 Å². The highest BCUT2D eigenvalue weighted by Gasteiger charge is 1.79. The molecule has 0 aliphatic rings. The number of alkyl halides is 1. The second-order valence-electron chi connectivity index (χ2n) is 1.13. The molecule has 0 aromatic rings. The molecule has 0 bridgehead atoms. The Labute approximate surface area is 61.5 Å². The molecule has 0 spiro atoms. The number of amides is 2. The van der Waals surface area contributed by atoms with E-state index in [-0.39, 0.29) is 0 Å². The second kappa shape index (κ2) is 5.02. The Kier molecular flexibility index (Phi) is 4.93. The largest absolute Gasteiger partial charge is 0.350 e. The van der Waals surface area contributed by atoms with Gasteiger partial charge in [-0.1, -0.05) is 22.6 Å².